The number of hydrogen-bond acceptors (Lipinski definition) is 8. The third-order valence-corrected chi connectivity index (χ3v) is 4.95. The van der Waals surface area contributed by atoms with Crippen molar-refractivity contribution in [2.24, 2.45) is 0 Å². The van der Waals surface area contributed by atoms with Gasteiger partial charge in [-0.3, -0.25) is 4.79 Å². The largest absolute Gasteiger partial charge is 0.461 e. The molecule has 0 spiro atoms. The van der Waals surface area contributed by atoms with Gasteiger partial charge in [0.2, 0.25) is 11.8 Å². The van der Waals surface area contributed by atoms with Gasteiger partial charge in [-0.05, 0) is 36.5 Å². The smallest absolute Gasteiger partial charge is 0.321 e. The quantitative estimate of drug-likeness (QED) is 0.488. The molecule has 9 nitrogen and oxygen atoms in total. The molecule has 3 aromatic rings. The van der Waals surface area contributed by atoms with E-state index >= 15 is 0 Å². The van der Waals surface area contributed by atoms with Crippen LogP contribution in [-0.2, 0) is 4.74 Å². The normalized spacial score (nSPS) is 15.1. The van der Waals surface area contributed by atoms with Gasteiger partial charge < -0.3 is 19.4 Å². The molecule has 1 saturated heterocycles. The van der Waals surface area contributed by atoms with Crippen molar-refractivity contribution in [1.29, 1.82) is 0 Å². The van der Waals surface area contributed by atoms with Crippen LogP contribution in [-0.4, -0.2) is 64.6 Å². The third kappa shape index (κ3) is 3.79. The Kier molecular flexibility index (Phi) is 5.43. The molecular formula is C19H22N6O3. The van der Waals surface area contributed by atoms with Crippen molar-refractivity contribution in [1.82, 2.24) is 24.9 Å². The van der Waals surface area contributed by atoms with Crippen molar-refractivity contribution in [3.63, 3.8) is 0 Å². The summed E-state index contributed by atoms with van der Waals surface area (Å²) in [4.78, 5) is 33.5. The first-order chi connectivity index (χ1) is 13.8. The SMILES string of the molecule is COCCOc1nc(C=O)nc(N2CCC(c3c[nH]c4ncccc34)CC2)n1. The van der Waals surface area contributed by atoms with Crippen molar-refractivity contribution in [2.45, 2.75) is 18.8 Å². The van der Waals surface area contributed by atoms with Gasteiger partial charge in [0.15, 0.2) is 6.29 Å². The van der Waals surface area contributed by atoms with Crippen molar-refractivity contribution in [3.8, 4) is 6.01 Å². The van der Waals surface area contributed by atoms with Crippen LogP contribution in [0.5, 0.6) is 6.01 Å². The summed E-state index contributed by atoms with van der Waals surface area (Å²) in [5.41, 5.74) is 2.22. The molecule has 0 aromatic carbocycles. The van der Waals surface area contributed by atoms with E-state index in [9.17, 15) is 4.79 Å². The van der Waals surface area contributed by atoms with Crippen molar-refractivity contribution in [2.75, 3.05) is 38.3 Å². The van der Waals surface area contributed by atoms with E-state index in [-0.39, 0.29) is 11.8 Å². The van der Waals surface area contributed by atoms with Crippen LogP contribution in [0.4, 0.5) is 5.95 Å². The number of rotatable bonds is 7. The average Bonchev–Trinajstić information content (AvgIpc) is 3.18. The number of pyridine rings is 1. The molecule has 3 aromatic heterocycles. The molecule has 0 aliphatic carbocycles. The minimum atomic E-state index is 0.0715. The Morgan fingerprint density at radius 1 is 1.25 bits per heavy atom. The molecule has 0 saturated carbocycles. The molecule has 4 heterocycles. The van der Waals surface area contributed by atoms with Gasteiger partial charge in [-0.1, -0.05) is 0 Å². The second-order valence-electron chi connectivity index (χ2n) is 6.64. The number of carbonyl (C=O) groups excluding carboxylic acids is 1. The summed E-state index contributed by atoms with van der Waals surface area (Å²) >= 11 is 0. The highest BCUT2D eigenvalue weighted by molar-refractivity contribution is 5.80. The van der Waals surface area contributed by atoms with E-state index in [0.717, 1.165) is 31.6 Å². The zero-order valence-corrected chi connectivity index (χ0v) is 15.7. The van der Waals surface area contributed by atoms with Gasteiger partial charge in [0.25, 0.3) is 0 Å². The Labute approximate surface area is 162 Å². The lowest BCUT2D eigenvalue weighted by atomic mass is 9.89. The molecule has 0 radical (unpaired) electrons. The fourth-order valence-electron chi connectivity index (χ4n) is 3.54. The topological polar surface area (TPSA) is 106 Å². The summed E-state index contributed by atoms with van der Waals surface area (Å²) < 4.78 is 10.4. The number of anilines is 1. The number of piperidine rings is 1. The van der Waals surface area contributed by atoms with Crippen LogP contribution in [0.15, 0.2) is 24.5 Å². The molecule has 9 heteroatoms. The number of aromatic nitrogens is 5. The fraction of sp³-hybridized carbons (Fsp3) is 0.421. The lowest BCUT2D eigenvalue weighted by molar-refractivity contribution is 0.111. The second kappa shape index (κ2) is 8.30. The van der Waals surface area contributed by atoms with Crippen LogP contribution in [0.2, 0.25) is 0 Å². The predicted octanol–water partition coefficient (Wildman–Crippen LogP) is 1.97. The highest BCUT2D eigenvalue weighted by atomic mass is 16.5. The molecule has 0 bridgehead atoms. The number of H-pyrrole nitrogens is 1. The molecule has 0 atom stereocenters. The summed E-state index contributed by atoms with van der Waals surface area (Å²) in [6.45, 7) is 2.31. The maximum Gasteiger partial charge on any atom is 0.321 e. The second-order valence-corrected chi connectivity index (χ2v) is 6.64. The van der Waals surface area contributed by atoms with Gasteiger partial charge in [-0.15, -0.1) is 0 Å². The van der Waals surface area contributed by atoms with Crippen LogP contribution in [0, 0.1) is 0 Å². The Balaban J connectivity index is 1.47. The summed E-state index contributed by atoms with van der Waals surface area (Å²) in [5.74, 6) is 0.991. The lowest BCUT2D eigenvalue weighted by Crippen LogP contribution is -2.34. The third-order valence-electron chi connectivity index (χ3n) is 4.95. The van der Waals surface area contributed by atoms with Crippen LogP contribution in [0.3, 0.4) is 0 Å². The number of ether oxygens (including phenoxy) is 2. The molecule has 0 amide bonds. The van der Waals surface area contributed by atoms with Gasteiger partial charge >= 0.3 is 6.01 Å². The number of hydrogen-bond donors (Lipinski definition) is 1. The maximum absolute atomic E-state index is 11.2. The molecule has 1 aliphatic rings. The van der Waals surface area contributed by atoms with Gasteiger partial charge in [0.05, 0.1) is 6.61 Å². The standard InChI is InChI=1S/C19H22N6O3/c1-27-9-10-28-19-23-16(12-26)22-18(24-19)25-7-4-13(5-8-25)15-11-21-17-14(15)3-2-6-20-17/h2-3,6,11-13H,4-5,7-10H2,1H3,(H,20,21). The summed E-state index contributed by atoms with van der Waals surface area (Å²) in [7, 11) is 1.59. The van der Waals surface area contributed by atoms with Crippen molar-refractivity contribution in [3.05, 3.63) is 35.9 Å². The maximum atomic E-state index is 11.2. The molecule has 0 unspecified atom stereocenters. The van der Waals surface area contributed by atoms with Crippen LogP contribution in [0.1, 0.15) is 34.9 Å². The first kappa shape index (κ1) is 18.3. The summed E-state index contributed by atoms with van der Waals surface area (Å²) in [6, 6.07) is 4.21. The van der Waals surface area contributed by atoms with E-state index in [2.05, 4.69) is 42.1 Å². The van der Waals surface area contributed by atoms with Crippen LogP contribution in [0.25, 0.3) is 11.0 Å². The van der Waals surface area contributed by atoms with Crippen LogP contribution < -0.4 is 9.64 Å². The van der Waals surface area contributed by atoms with E-state index in [1.54, 1.807) is 13.3 Å². The Bertz CT molecular complexity index is 952. The number of nitrogens with zero attached hydrogens (tertiary/aromatic N) is 5. The first-order valence-corrected chi connectivity index (χ1v) is 9.28. The minimum Gasteiger partial charge on any atom is -0.461 e. The van der Waals surface area contributed by atoms with E-state index in [4.69, 9.17) is 9.47 Å². The lowest BCUT2D eigenvalue weighted by Gasteiger charge is -2.32. The number of nitrogens with one attached hydrogen (secondary N) is 1. The van der Waals surface area contributed by atoms with E-state index in [1.807, 2.05) is 6.07 Å². The molecule has 1 N–H and O–H groups in total. The van der Waals surface area contributed by atoms with Crippen molar-refractivity contribution >= 4 is 23.3 Å². The predicted molar refractivity (Wildman–Crippen MR) is 103 cm³/mol. The fourth-order valence-corrected chi connectivity index (χ4v) is 3.54. The highest BCUT2D eigenvalue weighted by Crippen LogP contribution is 2.33. The van der Waals surface area contributed by atoms with E-state index in [1.165, 1.54) is 10.9 Å². The average molecular weight is 382 g/mol. The number of aldehydes is 1. The highest BCUT2D eigenvalue weighted by Gasteiger charge is 2.25. The number of carbonyl (C=O) groups is 1. The van der Waals surface area contributed by atoms with E-state index in [0.29, 0.717) is 31.4 Å². The van der Waals surface area contributed by atoms with Gasteiger partial charge in [0, 0.05) is 38.0 Å². The molecule has 1 fully saturated rings. The Morgan fingerprint density at radius 3 is 2.89 bits per heavy atom. The Morgan fingerprint density at radius 2 is 2.11 bits per heavy atom. The van der Waals surface area contributed by atoms with Gasteiger partial charge in [0.1, 0.15) is 12.3 Å². The number of aromatic amines is 1. The molecular weight excluding hydrogens is 360 g/mol. The van der Waals surface area contributed by atoms with E-state index < -0.39 is 0 Å². The van der Waals surface area contributed by atoms with Crippen molar-refractivity contribution < 1.29 is 14.3 Å². The monoisotopic (exact) mass is 382 g/mol. The molecule has 146 valence electrons. The molecule has 1 aliphatic heterocycles. The van der Waals surface area contributed by atoms with Gasteiger partial charge in [-0.2, -0.15) is 15.0 Å². The molecule has 28 heavy (non-hydrogen) atoms. The summed E-state index contributed by atoms with van der Waals surface area (Å²) in [6.07, 6.45) is 6.39. The number of methoxy groups -OCH3 is 1. The van der Waals surface area contributed by atoms with Crippen LogP contribution >= 0.6 is 0 Å². The Hall–Kier alpha value is -3.07. The minimum absolute atomic E-state index is 0.0715. The zero-order chi connectivity index (χ0) is 19.3. The first-order valence-electron chi connectivity index (χ1n) is 9.28. The number of fused-ring (bicyclic) bond motifs is 1. The van der Waals surface area contributed by atoms with Gasteiger partial charge in [-0.25, -0.2) is 4.98 Å². The molecule has 4 rings (SSSR count). The summed E-state index contributed by atoms with van der Waals surface area (Å²) in [5, 5.41) is 1.18. The zero-order valence-electron chi connectivity index (χ0n) is 15.7.